The van der Waals surface area contributed by atoms with E-state index in [2.05, 4.69) is 5.32 Å². The van der Waals surface area contributed by atoms with Gasteiger partial charge in [0.05, 0.1) is 19.8 Å². The number of hydrogen-bond donors (Lipinski definition) is 1. The van der Waals surface area contributed by atoms with Gasteiger partial charge in [-0.1, -0.05) is 36.4 Å². The van der Waals surface area contributed by atoms with Crippen molar-refractivity contribution in [3.8, 4) is 0 Å². The summed E-state index contributed by atoms with van der Waals surface area (Å²) in [5.74, 6) is -3.29. The lowest BCUT2D eigenvalue weighted by Gasteiger charge is -2.39. The molecule has 7 heteroatoms. The average molecular weight is 438 g/mol. The average Bonchev–Trinajstić information content (AvgIpc) is 3.32. The predicted molar refractivity (Wildman–Crippen MR) is 116 cm³/mol. The topological polar surface area (TPSA) is 81.7 Å². The number of nitrogens with one attached hydrogen (secondary N) is 1. The van der Waals surface area contributed by atoms with E-state index < -0.39 is 23.8 Å². The summed E-state index contributed by atoms with van der Waals surface area (Å²) in [6, 6.07) is 13.2. The number of ketones is 1. The first-order chi connectivity index (χ1) is 15.0. The molecule has 0 radical (unpaired) electrons. The highest BCUT2D eigenvalue weighted by Gasteiger charge is 2.49. The van der Waals surface area contributed by atoms with Crippen molar-refractivity contribution in [3.05, 3.63) is 80.8 Å². The molecule has 0 amide bonds. The van der Waals surface area contributed by atoms with E-state index in [0.29, 0.717) is 23.3 Å². The molecule has 6 nitrogen and oxygen atoms in total. The molecule has 31 heavy (non-hydrogen) atoms. The van der Waals surface area contributed by atoms with Crippen LogP contribution in [0, 0.1) is 5.92 Å². The Bertz CT molecular complexity index is 1080. The van der Waals surface area contributed by atoms with E-state index in [-0.39, 0.29) is 11.7 Å². The summed E-state index contributed by atoms with van der Waals surface area (Å²) < 4.78 is 10.1. The van der Waals surface area contributed by atoms with Gasteiger partial charge in [0.15, 0.2) is 5.78 Å². The molecule has 0 bridgehead atoms. The number of carbonyl (C=O) groups is 3. The fourth-order valence-electron chi connectivity index (χ4n) is 4.56. The minimum absolute atomic E-state index is 0.318. The Morgan fingerprint density at radius 3 is 2.42 bits per heavy atom. The van der Waals surface area contributed by atoms with Crippen molar-refractivity contribution >= 4 is 29.1 Å². The maximum absolute atomic E-state index is 13.8. The summed E-state index contributed by atoms with van der Waals surface area (Å²) in [6.45, 7) is 1.81. The maximum atomic E-state index is 13.8. The molecule has 0 saturated carbocycles. The molecule has 2 heterocycles. The van der Waals surface area contributed by atoms with Crippen molar-refractivity contribution in [3.63, 3.8) is 0 Å². The molecule has 4 rings (SSSR count). The van der Waals surface area contributed by atoms with Crippen molar-refractivity contribution in [1.29, 1.82) is 0 Å². The Morgan fingerprint density at radius 1 is 1.06 bits per heavy atom. The Labute approximate surface area is 184 Å². The Hall–Kier alpha value is -3.19. The van der Waals surface area contributed by atoms with Crippen LogP contribution in [0.2, 0.25) is 0 Å². The fourth-order valence-corrected chi connectivity index (χ4v) is 5.43. The number of dihydropyridines is 1. The van der Waals surface area contributed by atoms with Crippen LogP contribution in [0.3, 0.4) is 0 Å². The van der Waals surface area contributed by atoms with Gasteiger partial charge in [-0.2, -0.15) is 0 Å². The van der Waals surface area contributed by atoms with Crippen LogP contribution >= 0.6 is 11.3 Å². The first-order valence-electron chi connectivity index (χ1n) is 9.97. The van der Waals surface area contributed by atoms with Crippen molar-refractivity contribution in [1.82, 2.24) is 5.32 Å². The van der Waals surface area contributed by atoms with Gasteiger partial charge in [-0.05, 0) is 30.4 Å². The van der Waals surface area contributed by atoms with E-state index in [4.69, 9.17) is 9.47 Å². The van der Waals surface area contributed by atoms with E-state index in [1.54, 1.807) is 0 Å². The highest BCUT2D eigenvalue weighted by Crippen LogP contribution is 2.48. The number of esters is 2. The van der Waals surface area contributed by atoms with E-state index in [9.17, 15) is 14.4 Å². The minimum Gasteiger partial charge on any atom is -0.468 e. The monoisotopic (exact) mass is 437 g/mol. The van der Waals surface area contributed by atoms with Gasteiger partial charge in [-0.25, -0.2) is 4.79 Å². The Morgan fingerprint density at radius 2 is 1.81 bits per heavy atom. The zero-order valence-electron chi connectivity index (χ0n) is 17.5. The zero-order chi connectivity index (χ0) is 22.1. The van der Waals surface area contributed by atoms with Crippen LogP contribution in [0.25, 0.3) is 0 Å². The lowest BCUT2D eigenvalue weighted by Crippen LogP contribution is -2.43. The van der Waals surface area contributed by atoms with Gasteiger partial charge in [0.25, 0.3) is 0 Å². The summed E-state index contributed by atoms with van der Waals surface area (Å²) in [5, 5.41) is 5.20. The van der Waals surface area contributed by atoms with Crippen LogP contribution in [0.5, 0.6) is 0 Å². The summed E-state index contributed by atoms with van der Waals surface area (Å²) in [4.78, 5) is 40.3. The standard InChI is InChI=1S/C24H23NO5S/c1-13-18(23(27)29-2)19(14-8-5-4-6-9-14)21-16(25-13)12-15(17-10-7-11-31-17)20(22(21)26)24(28)30-3/h4-11,15,19-20,25H,12H2,1-3H3/t15-,19-,20-/m1/s1. The van der Waals surface area contributed by atoms with Crippen LogP contribution in [-0.4, -0.2) is 31.9 Å². The molecule has 1 aromatic carbocycles. The van der Waals surface area contributed by atoms with Crippen molar-refractivity contribution in [2.24, 2.45) is 5.92 Å². The van der Waals surface area contributed by atoms with Crippen LogP contribution in [-0.2, 0) is 23.9 Å². The number of carbonyl (C=O) groups excluding carboxylic acids is 3. The van der Waals surface area contributed by atoms with E-state index in [0.717, 1.165) is 16.1 Å². The minimum atomic E-state index is -0.965. The van der Waals surface area contributed by atoms with Crippen molar-refractivity contribution in [2.45, 2.75) is 25.2 Å². The van der Waals surface area contributed by atoms with Crippen molar-refractivity contribution in [2.75, 3.05) is 14.2 Å². The molecule has 0 spiro atoms. The van der Waals surface area contributed by atoms with Gasteiger partial charge in [-0.3, -0.25) is 9.59 Å². The van der Waals surface area contributed by atoms with Gasteiger partial charge in [-0.15, -0.1) is 11.3 Å². The van der Waals surface area contributed by atoms with E-state index >= 15 is 0 Å². The molecule has 3 atom stereocenters. The third-order valence-corrected chi connectivity index (χ3v) is 6.93. The molecule has 0 fully saturated rings. The maximum Gasteiger partial charge on any atom is 0.336 e. The van der Waals surface area contributed by atoms with E-state index in [1.807, 2.05) is 54.8 Å². The summed E-state index contributed by atoms with van der Waals surface area (Å²) in [5.41, 5.74) is 2.98. The Kier molecular flexibility index (Phi) is 5.78. The molecule has 2 aliphatic rings. The number of rotatable bonds is 4. The van der Waals surface area contributed by atoms with Crippen LogP contribution in [0.4, 0.5) is 0 Å². The van der Waals surface area contributed by atoms with Gasteiger partial charge in [0.1, 0.15) is 5.92 Å². The molecule has 1 aromatic heterocycles. The SMILES string of the molecule is COC(=O)C1=C(C)NC2=C(C(=O)[C@H](C(=O)OC)[C@@H](c3cccs3)C2)[C@@H]1c1ccccc1. The molecule has 0 saturated heterocycles. The largest absolute Gasteiger partial charge is 0.468 e. The highest BCUT2D eigenvalue weighted by molar-refractivity contribution is 7.10. The van der Waals surface area contributed by atoms with Gasteiger partial charge >= 0.3 is 11.9 Å². The van der Waals surface area contributed by atoms with Crippen LogP contribution in [0.15, 0.2) is 70.4 Å². The number of ether oxygens (including phenoxy) is 2. The third-order valence-electron chi connectivity index (χ3n) is 5.92. The summed E-state index contributed by atoms with van der Waals surface area (Å²) in [7, 11) is 2.62. The second-order valence-electron chi connectivity index (χ2n) is 7.58. The first-order valence-corrected chi connectivity index (χ1v) is 10.8. The lowest BCUT2D eigenvalue weighted by molar-refractivity contribution is -0.149. The first kappa shape index (κ1) is 21.1. The highest BCUT2D eigenvalue weighted by atomic mass is 32.1. The van der Waals surface area contributed by atoms with Gasteiger partial charge in [0, 0.05) is 33.7 Å². The fraction of sp³-hybridized carbons (Fsp3) is 0.292. The summed E-state index contributed by atoms with van der Waals surface area (Å²) >= 11 is 1.51. The van der Waals surface area contributed by atoms with E-state index in [1.165, 1.54) is 25.6 Å². The third kappa shape index (κ3) is 3.59. The molecular formula is C24H23NO5S. The molecular weight excluding hydrogens is 414 g/mol. The van der Waals surface area contributed by atoms with Crippen LogP contribution < -0.4 is 5.32 Å². The van der Waals surface area contributed by atoms with Gasteiger partial charge < -0.3 is 14.8 Å². The molecule has 2 aromatic rings. The normalized spacial score (nSPS) is 23.2. The molecule has 160 valence electrons. The second kappa shape index (κ2) is 8.51. The van der Waals surface area contributed by atoms with Crippen molar-refractivity contribution < 1.29 is 23.9 Å². The summed E-state index contributed by atoms with van der Waals surface area (Å²) in [6.07, 6.45) is 0.469. The Balaban J connectivity index is 1.90. The molecule has 1 aliphatic heterocycles. The molecule has 1 aliphatic carbocycles. The molecule has 1 N–H and O–H groups in total. The zero-order valence-corrected chi connectivity index (χ0v) is 18.3. The number of methoxy groups -OCH3 is 2. The number of hydrogen-bond acceptors (Lipinski definition) is 7. The molecule has 0 unspecified atom stereocenters. The number of thiophene rings is 1. The number of Topliss-reactive ketones (excluding diaryl/α,β-unsaturated/α-hetero) is 1. The lowest BCUT2D eigenvalue weighted by atomic mass is 9.68. The van der Waals surface area contributed by atoms with Gasteiger partial charge in [0.2, 0.25) is 0 Å². The quantitative estimate of drug-likeness (QED) is 0.581. The number of allylic oxidation sites excluding steroid dienone is 3. The van der Waals surface area contributed by atoms with Crippen LogP contribution in [0.1, 0.15) is 35.6 Å². The smallest absolute Gasteiger partial charge is 0.336 e. The number of benzene rings is 1. The predicted octanol–water partition coefficient (Wildman–Crippen LogP) is 3.68. The second-order valence-corrected chi connectivity index (χ2v) is 8.56.